The Hall–Kier alpha value is -4.82. The molecule has 0 radical (unpaired) electrons. The first-order valence-electron chi connectivity index (χ1n) is 10.5. The van der Waals surface area contributed by atoms with Gasteiger partial charge in [-0.1, -0.05) is 5.21 Å². The highest BCUT2D eigenvalue weighted by atomic mass is 16.6. The third kappa shape index (κ3) is 4.21. The fraction of sp³-hybridized carbons (Fsp3) is 0.333. The van der Waals surface area contributed by atoms with Crippen LogP contribution in [0, 0.1) is 6.92 Å². The first kappa shape index (κ1) is 24.3. The summed E-state index contributed by atoms with van der Waals surface area (Å²) >= 11 is 0. The lowest BCUT2D eigenvalue weighted by atomic mass is 10.0. The summed E-state index contributed by atoms with van der Waals surface area (Å²) in [6.45, 7) is 7.22. The van der Waals surface area contributed by atoms with Gasteiger partial charge in [0.05, 0.1) is 12.8 Å². The standard InChI is InChI=1S/C21H22N8O7/c1-10-17(23-27-28(10)19-18(22-11(2)30)25-36-26-19)20-24-29(12(3)31)21(5,35-20)14-7-8-15(34-13(4)32)16(9-14)33-6/h7-9H,1-6H3,(H,22,25,30)/t21-/m0/s1. The van der Waals surface area contributed by atoms with Gasteiger partial charge in [0, 0.05) is 33.3 Å². The van der Waals surface area contributed by atoms with Crippen LogP contribution in [0.5, 0.6) is 11.5 Å². The van der Waals surface area contributed by atoms with E-state index in [4.69, 9.17) is 18.8 Å². The zero-order chi connectivity index (χ0) is 26.2. The predicted octanol–water partition coefficient (Wildman–Crippen LogP) is 1.26. The average molecular weight is 498 g/mol. The normalized spacial score (nSPS) is 16.8. The van der Waals surface area contributed by atoms with Crippen LogP contribution in [0.25, 0.3) is 5.82 Å². The molecule has 15 heteroatoms. The van der Waals surface area contributed by atoms with Crippen molar-refractivity contribution in [2.75, 3.05) is 12.4 Å². The molecule has 1 aliphatic heterocycles. The topological polar surface area (TPSA) is 176 Å². The van der Waals surface area contributed by atoms with E-state index in [2.05, 4.69) is 31.0 Å². The van der Waals surface area contributed by atoms with Crippen molar-refractivity contribution in [1.29, 1.82) is 0 Å². The number of ether oxygens (including phenoxy) is 3. The number of methoxy groups -OCH3 is 1. The number of hydrazone groups is 1. The number of nitrogens with one attached hydrogen (secondary N) is 1. The summed E-state index contributed by atoms with van der Waals surface area (Å²) in [7, 11) is 1.42. The second kappa shape index (κ2) is 9.09. The molecule has 4 rings (SSSR count). The number of carbonyl (C=O) groups excluding carboxylic acids is 3. The van der Waals surface area contributed by atoms with Gasteiger partial charge in [0.2, 0.25) is 29.2 Å². The molecule has 2 aromatic heterocycles. The summed E-state index contributed by atoms with van der Waals surface area (Å²) in [5.74, 6) is -0.675. The number of amides is 2. The Bertz CT molecular complexity index is 1390. The fourth-order valence-electron chi connectivity index (χ4n) is 3.58. The zero-order valence-corrected chi connectivity index (χ0v) is 20.2. The molecule has 3 heterocycles. The Morgan fingerprint density at radius 1 is 1.11 bits per heavy atom. The minimum Gasteiger partial charge on any atom is -0.493 e. The van der Waals surface area contributed by atoms with Crippen molar-refractivity contribution in [3.63, 3.8) is 0 Å². The maximum absolute atomic E-state index is 12.5. The Morgan fingerprint density at radius 2 is 1.86 bits per heavy atom. The van der Waals surface area contributed by atoms with Crippen LogP contribution in [0.3, 0.4) is 0 Å². The largest absolute Gasteiger partial charge is 0.493 e. The second-order valence-electron chi connectivity index (χ2n) is 7.83. The van der Waals surface area contributed by atoms with Crippen molar-refractivity contribution in [3.05, 3.63) is 35.2 Å². The maximum Gasteiger partial charge on any atom is 0.308 e. The van der Waals surface area contributed by atoms with Crippen molar-refractivity contribution in [2.45, 2.75) is 40.3 Å². The van der Waals surface area contributed by atoms with E-state index in [1.165, 1.54) is 38.6 Å². The lowest BCUT2D eigenvalue weighted by Crippen LogP contribution is -2.41. The molecule has 2 amide bonds. The highest BCUT2D eigenvalue weighted by molar-refractivity contribution is 5.96. The molecule has 0 fully saturated rings. The first-order chi connectivity index (χ1) is 17.0. The summed E-state index contributed by atoms with van der Waals surface area (Å²) in [5, 5.41) is 23.6. The number of rotatable bonds is 6. The second-order valence-corrected chi connectivity index (χ2v) is 7.83. The minimum atomic E-state index is -1.39. The van der Waals surface area contributed by atoms with E-state index in [0.717, 1.165) is 5.01 Å². The molecule has 36 heavy (non-hydrogen) atoms. The van der Waals surface area contributed by atoms with Gasteiger partial charge in [-0.05, 0) is 35.4 Å². The third-order valence-electron chi connectivity index (χ3n) is 5.21. The van der Waals surface area contributed by atoms with E-state index in [9.17, 15) is 14.4 Å². The quantitative estimate of drug-likeness (QED) is 0.382. The third-order valence-corrected chi connectivity index (χ3v) is 5.21. The van der Waals surface area contributed by atoms with E-state index in [1.54, 1.807) is 26.0 Å². The van der Waals surface area contributed by atoms with Gasteiger partial charge in [0.25, 0.3) is 5.90 Å². The number of esters is 1. The Kier molecular flexibility index (Phi) is 6.14. The Morgan fingerprint density at radius 3 is 2.50 bits per heavy atom. The molecule has 15 nitrogen and oxygen atoms in total. The number of hydrogen-bond acceptors (Lipinski definition) is 12. The van der Waals surface area contributed by atoms with Gasteiger partial charge in [0.15, 0.2) is 17.2 Å². The van der Waals surface area contributed by atoms with Gasteiger partial charge >= 0.3 is 5.97 Å². The van der Waals surface area contributed by atoms with Crippen LogP contribution in [0.4, 0.5) is 5.82 Å². The van der Waals surface area contributed by atoms with E-state index in [0.29, 0.717) is 11.3 Å². The SMILES string of the molecule is COc1cc([C@]2(C)OC(c3nnn(-c4nonc4NC(C)=O)c3C)=NN2C(C)=O)ccc1OC(C)=O. The molecule has 3 aromatic rings. The summed E-state index contributed by atoms with van der Waals surface area (Å²) in [6, 6.07) is 4.74. The molecule has 0 saturated heterocycles. The monoisotopic (exact) mass is 498 g/mol. The molecular formula is C21H22N8O7. The van der Waals surface area contributed by atoms with Crippen molar-refractivity contribution in [1.82, 2.24) is 30.3 Å². The predicted molar refractivity (Wildman–Crippen MR) is 120 cm³/mol. The minimum absolute atomic E-state index is 0.0111. The van der Waals surface area contributed by atoms with Crippen LogP contribution in [0.2, 0.25) is 0 Å². The van der Waals surface area contributed by atoms with Crippen molar-refractivity contribution >= 4 is 29.5 Å². The molecule has 1 aromatic carbocycles. The van der Waals surface area contributed by atoms with Crippen molar-refractivity contribution < 1.29 is 33.2 Å². The van der Waals surface area contributed by atoms with Gasteiger partial charge in [-0.2, -0.15) is 9.69 Å². The van der Waals surface area contributed by atoms with Crippen LogP contribution in [-0.2, 0) is 24.8 Å². The molecule has 1 aliphatic rings. The maximum atomic E-state index is 12.5. The van der Waals surface area contributed by atoms with Gasteiger partial charge in [-0.15, -0.1) is 10.2 Å². The Balaban J connectivity index is 1.71. The van der Waals surface area contributed by atoms with Crippen LogP contribution >= 0.6 is 0 Å². The van der Waals surface area contributed by atoms with Crippen LogP contribution in [-0.4, -0.2) is 61.1 Å². The molecule has 0 unspecified atom stereocenters. The average Bonchev–Trinajstić information content (AvgIpc) is 3.50. The van der Waals surface area contributed by atoms with Gasteiger partial charge in [-0.3, -0.25) is 14.4 Å². The Labute approximate surface area is 203 Å². The molecular weight excluding hydrogens is 476 g/mol. The van der Waals surface area contributed by atoms with E-state index >= 15 is 0 Å². The first-order valence-corrected chi connectivity index (χ1v) is 10.5. The number of aromatic nitrogens is 5. The highest BCUT2D eigenvalue weighted by Crippen LogP contribution is 2.40. The zero-order valence-electron chi connectivity index (χ0n) is 20.2. The number of hydrogen-bond donors (Lipinski definition) is 1. The van der Waals surface area contributed by atoms with Crippen LogP contribution < -0.4 is 14.8 Å². The highest BCUT2D eigenvalue weighted by Gasteiger charge is 2.46. The molecule has 0 bridgehead atoms. The molecule has 188 valence electrons. The summed E-state index contributed by atoms with van der Waals surface area (Å²) < 4.78 is 22.7. The lowest BCUT2D eigenvalue weighted by Gasteiger charge is -2.31. The molecule has 0 spiro atoms. The smallest absolute Gasteiger partial charge is 0.308 e. The number of anilines is 1. The van der Waals surface area contributed by atoms with Crippen LogP contribution in [0.15, 0.2) is 27.9 Å². The molecule has 1 N–H and O–H groups in total. The summed E-state index contributed by atoms with van der Waals surface area (Å²) in [4.78, 5) is 35.4. The van der Waals surface area contributed by atoms with Gasteiger partial charge in [-0.25, -0.2) is 4.63 Å². The number of benzene rings is 1. The van der Waals surface area contributed by atoms with Crippen molar-refractivity contribution in [2.24, 2.45) is 5.10 Å². The fourth-order valence-corrected chi connectivity index (χ4v) is 3.58. The van der Waals surface area contributed by atoms with Crippen LogP contribution in [0.1, 0.15) is 44.6 Å². The van der Waals surface area contributed by atoms with E-state index in [-0.39, 0.29) is 40.6 Å². The molecule has 1 atom stereocenters. The lowest BCUT2D eigenvalue weighted by molar-refractivity contribution is -0.146. The summed E-state index contributed by atoms with van der Waals surface area (Å²) in [5.41, 5.74) is -0.268. The van der Waals surface area contributed by atoms with E-state index in [1.807, 2.05) is 0 Å². The number of carbonyl (C=O) groups is 3. The molecule has 0 saturated carbocycles. The molecule has 0 aliphatic carbocycles. The van der Waals surface area contributed by atoms with Crippen molar-refractivity contribution in [3.8, 4) is 17.3 Å². The number of nitrogens with zero attached hydrogens (tertiary/aromatic N) is 7. The van der Waals surface area contributed by atoms with Gasteiger partial charge < -0.3 is 19.5 Å². The van der Waals surface area contributed by atoms with E-state index < -0.39 is 17.6 Å². The van der Waals surface area contributed by atoms with Gasteiger partial charge in [0.1, 0.15) is 0 Å². The summed E-state index contributed by atoms with van der Waals surface area (Å²) in [6.07, 6.45) is 0.